The Bertz CT molecular complexity index is 368. The Morgan fingerprint density at radius 3 is 2.70 bits per heavy atom. The van der Waals surface area contributed by atoms with E-state index in [4.69, 9.17) is 15.6 Å². The molecule has 0 aromatic carbocycles. The molecular weight excluding hydrogens is 266 g/mol. The molecular formula is C12H21N3O5. The van der Waals surface area contributed by atoms with Gasteiger partial charge in [0.1, 0.15) is 6.04 Å². The van der Waals surface area contributed by atoms with E-state index in [2.05, 4.69) is 5.32 Å². The average molecular weight is 287 g/mol. The van der Waals surface area contributed by atoms with Crippen molar-refractivity contribution in [2.45, 2.75) is 37.8 Å². The van der Waals surface area contributed by atoms with Crippen LogP contribution in [0.2, 0.25) is 0 Å². The molecule has 0 aromatic heterocycles. The van der Waals surface area contributed by atoms with Gasteiger partial charge in [-0.3, -0.25) is 4.79 Å². The van der Waals surface area contributed by atoms with E-state index in [-0.39, 0.29) is 18.9 Å². The van der Waals surface area contributed by atoms with Crippen molar-refractivity contribution in [1.82, 2.24) is 10.2 Å². The van der Waals surface area contributed by atoms with E-state index in [1.807, 2.05) is 0 Å². The third kappa shape index (κ3) is 5.43. The normalized spacial score (nSPS) is 19.4. The molecule has 0 radical (unpaired) electrons. The van der Waals surface area contributed by atoms with E-state index in [0.29, 0.717) is 13.2 Å². The Labute approximate surface area is 117 Å². The molecule has 20 heavy (non-hydrogen) atoms. The lowest BCUT2D eigenvalue weighted by Gasteiger charge is -2.23. The molecule has 1 unspecified atom stereocenters. The molecule has 1 heterocycles. The highest BCUT2D eigenvalue weighted by Gasteiger charge is 2.24. The number of carboxylic acid groups (broad SMARTS) is 1. The van der Waals surface area contributed by atoms with Crippen molar-refractivity contribution >= 4 is 17.9 Å². The number of primary amides is 1. The molecule has 1 rings (SSSR count). The summed E-state index contributed by atoms with van der Waals surface area (Å²) >= 11 is 0. The van der Waals surface area contributed by atoms with Gasteiger partial charge in [0.05, 0.1) is 6.10 Å². The predicted octanol–water partition coefficient (Wildman–Crippen LogP) is -0.474. The highest BCUT2D eigenvalue weighted by atomic mass is 16.5. The first-order chi connectivity index (χ1) is 9.40. The van der Waals surface area contributed by atoms with E-state index < -0.39 is 23.9 Å². The zero-order valence-electron chi connectivity index (χ0n) is 11.5. The summed E-state index contributed by atoms with van der Waals surface area (Å²) in [6, 6.07) is -1.63. The Hall–Kier alpha value is -1.83. The van der Waals surface area contributed by atoms with Crippen LogP contribution in [-0.2, 0) is 14.3 Å². The van der Waals surface area contributed by atoms with Crippen molar-refractivity contribution in [3.63, 3.8) is 0 Å². The zero-order valence-corrected chi connectivity index (χ0v) is 11.5. The van der Waals surface area contributed by atoms with Crippen LogP contribution in [0.5, 0.6) is 0 Å². The minimum Gasteiger partial charge on any atom is -0.480 e. The van der Waals surface area contributed by atoms with Gasteiger partial charge in [-0.15, -0.1) is 0 Å². The summed E-state index contributed by atoms with van der Waals surface area (Å²) in [5, 5.41) is 11.4. The van der Waals surface area contributed by atoms with Gasteiger partial charge in [0.25, 0.3) is 0 Å². The number of ether oxygens (including phenoxy) is 1. The van der Waals surface area contributed by atoms with E-state index in [9.17, 15) is 14.4 Å². The van der Waals surface area contributed by atoms with Crippen LogP contribution in [0.15, 0.2) is 0 Å². The monoisotopic (exact) mass is 287 g/mol. The molecule has 4 N–H and O–H groups in total. The molecule has 2 atom stereocenters. The molecule has 1 aliphatic rings. The van der Waals surface area contributed by atoms with Gasteiger partial charge in [-0.25, -0.2) is 9.59 Å². The first-order valence-electron chi connectivity index (χ1n) is 6.54. The molecule has 0 aliphatic carbocycles. The molecule has 0 spiro atoms. The minimum absolute atomic E-state index is 0.000326. The van der Waals surface area contributed by atoms with Gasteiger partial charge >= 0.3 is 12.0 Å². The van der Waals surface area contributed by atoms with Gasteiger partial charge in [-0.05, 0) is 19.3 Å². The number of hydrogen-bond acceptors (Lipinski definition) is 4. The maximum atomic E-state index is 11.9. The van der Waals surface area contributed by atoms with Crippen molar-refractivity contribution in [1.29, 1.82) is 0 Å². The van der Waals surface area contributed by atoms with Crippen molar-refractivity contribution in [3.05, 3.63) is 0 Å². The molecule has 1 fully saturated rings. The van der Waals surface area contributed by atoms with Gasteiger partial charge in [-0.2, -0.15) is 0 Å². The molecule has 0 saturated carbocycles. The molecule has 1 aliphatic heterocycles. The summed E-state index contributed by atoms with van der Waals surface area (Å²) in [4.78, 5) is 34.9. The van der Waals surface area contributed by atoms with Crippen molar-refractivity contribution in [2.24, 2.45) is 5.73 Å². The van der Waals surface area contributed by atoms with Crippen LogP contribution >= 0.6 is 0 Å². The molecule has 0 aromatic rings. The lowest BCUT2D eigenvalue weighted by molar-refractivity contribution is -0.139. The Morgan fingerprint density at radius 2 is 2.20 bits per heavy atom. The largest absolute Gasteiger partial charge is 0.480 e. The second kappa shape index (κ2) is 7.68. The van der Waals surface area contributed by atoms with Gasteiger partial charge in [0, 0.05) is 26.6 Å². The first kappa shape index (κ1) is 16.2. The number of carboxylic acids is 1. The maximum Gasteiger partial charge on any atom is 0.326 e. The number of nitrogens with two attached hydrogens (primary N) is 1. The Kier molecular flexibility index (Phi) is 6.23. The molecule has 1 saturated heterocycles. The second-order valence-corrected chi connectivity index (χ2v) is 4.86. The van der Waals surface area contributed by atoms with Crippen LogP contribution in [0.4, 0.5) is 4.79 Å². The molecule has 8 heteroatoms. The molecule has 8 nitrogen and oxygen atoms in total. The van der Waals surface area contributed by atoms with Gasteiger partial charge in [-0.1, -0.05) is 0 Å². The standard InChI is InChI=1S/C12H21N3O5/c1-15(7-8-3-2-6-20-8)12(19)14-9(11(17)18)4-5-10(13)16/h8-9H,2-7H2,1H3,(H2,13,16)(H,14,19)(H,17,18)/t8?,9-/m1/s1. The lowest BCUT2D eigenvalue weighted by atomic mass is 10.1. The number of nitrogens with one attached hydrogen (secondary N) is 1. The lowest BCUT2D eigenvalue weighted by Crippen LogP contribution is -2.48. The van der Waals surface area contributed by atoms with E-state index >= 15 is 0 Å². The number of nitrogens with zero attached hydrogens (tertiary/aromatic N) is 1. The van der Waals surface area contributed by atoms with Crippen LogP contribution in [0.1, 0.15) is 25.7 Å². The first-order valence-corrected chi connectivity index (χ1v) is 6.54. The summed E-state index contributed by atoms with van der Waals surface area (Å²) in [5.74, 6) is -1.79. The van der Waals surface area contributed by atoms with Crippen molar-refractivity contribution < 1.29 is 24.2 Å². The average Bonchev–Trinajstić information content (AvgIpc) is 2.86. The fourth-order valence-electron chi connectivity index (χ4n) is 1.98. The Balaban J connectivity index is 2.42. The van der Waals surface area contributed by atoms with Gasteiger partial charge < -0.3 is 25.8 Å². The van der Waals surface area contributed by atoms with E-state index in [1.165, 1.54) is 4.90 Å². The molecule has 3 amide bonds. The number of rotatable bonds is 7. The number of aliphatic carboxylic acids is 1. The summed E-state index contributed by atoms with van der Waals surface area (Å²) < 4.78 is 5.41. The summed E-state index contributed by atoms with van der Waals surface area (Å²) in [6.45, 7) is 1.10. The highest BCUT2D eigenvalue weighted by Crippen LogP contribution is 2.12. The number of carbonyl (C=O) groups is 3. The van der Waals surface area contributed by atoms with Crippen molar-refractivity contribution in [3.8, 4) is 0 Å². The van der Waals surface area contributed by atoms with Crippen molar-refractivity contribution in [2.75, 3.05) is 20.2 Å². The number of likely N-dealkylation sites (N-methyl/N-ethyl adjacent to an activating group) is 1. The van der Waals surface area contributed by atoms with E-state index in [1.54, 1.807) is 7.05 Å². The van der Waals surface area contributed by atoms with Gasteiger partial charge in [0.15, 0.2) is 0 Å². The van der Waals surface area contributed by atoms with E-state index in [0.717, 1.165) is 12.8 Å². The predicted molar refractivity (Wildman–Crippen MR) is 70.0 cm³/mol. The quantitative estimate of drug-likeness (QED) is 0.584. The SMILES string of the molecule is CN(CC1CCCO1)C(=O)N[C@H](CCC(N)=O)C(=O)O. The zero-order chi connectivity index (χ0) is 15.1. The van der Waals surface area contributed by atoms with Crippen LogP contribution in [-0.4, -0.2) is 60.3 Å². The van der Waals surface area contributed by atoms with Gasteiger partial charge in [0.2, 0.25) is 5.91 Å². The third-order valence-corrected chi connectivity index (χ3v) is 3.12. The van der Waals surface area contributed by atoms with Crippen LogP contribution in [0.3, 0.4) is 0 Å². The minimum atomic E-state index is -1.19. The number of amides is 3. The Morgan fingerprint density at radius 1 is 1.50 bits per heavy atom. The second-order valence-electron chi connectivity index (χ2n) is 4.86. The number of urea groups is 1. The maximum absolute atomic E-state index is 11.9. The topological polar surface area (TPSA) is 122 Å². The summed E-state index contributed by atoms with van der Waals surface area (Å²) in [5.41, 5.74) is 4.97. The fraction of sp³-hybridized carbons (Fsp3) is 0.750. The fourth-order valence-corrected chi connectivity index (χ4v) is 1.98. The summed E-state index contributed by atoms with van der Waals surface area (Å²) in [6.07, 6.45) is 1.74. The highest BCUT2D eigenvalue weighted by molar-refractivity contribution is 5.83. The van der Waals surface area contributed by atoms with Crippen LogP contribution in [0, 0.1) is 0 Å². The smallest absolute Gasteiger partial charge is 0.326 e. The molecule has 0 bridgehead atoms. The van der Waals surface area contributed by atoms with Crippen LogP contribution < -0.4 is 11.1 Å². The van der Waals surface area contributed by atoms with Crippen LogP contribution in [0.25, 0.3) is 0 Å². The summed E-state index contributed by atoms with van der Waals surface area (Å²) in [7, 11) is 1.57. The molecule has 114 valence electrons. The third-order valence-electron chi connectivity index (χ3n) is 3.12. The number of carbonyl (C=O) groups excluding carboxylic acids is 2. The number of hydrogen-bond donors (Lipinski definition) is 3.